The first-order valence-electron chi connectivity index (χ1n) is 7.37. The van der Waals surface area contributed by atoms with E-state index in [1.54, 1.807) is 0 Å². The molecule has 1 saturated carbocycles. The summed E-state index contributed by atoms with van der Waals surface area (Å²) in [6.07, 6.45) is 6.38. The van der Waals surface area contributed by atoms with Crippen molar-refractivity contribution in [1.82, 2.24) is 10.3 Å². The third-order valence-electron chi connectivity index (χ3n) is 4.15. The fraction of sp³-hybridized carbons (Fsp3) is 0.625. The molecule has 20 heavy (non-hydrogen) atoms. The summed E-state index contributed by atoms with van der Waals surface area (Å²) < 4.78 is 4.77. The van der Waals surface area contributed by atoms with E-state index in [9.17, 15) is 4.79 Å². The topological polar surface area (TPSA) is 51.2 Å². The molecule has 0 aliphatic heterocycles. The van der Waals surface area contributed by atoms with E-state index in [1.807, 2.05) is 19.2 Å². The van der Waals surface area contributed by atoms with E-state index in [0.717, 1.165) is 12.8 Å². The third kappa shape index (κ3) is 3.57. The predicted octanol–water partition coefficient (Wildman–Crippen LogP) is 2.57. The van der Waals surface area contributed by atoms with Crippen LogP contribution in [0.3, 0.4) is 0 Å². The normalized spacial score (nSPS) is 24.1. The Balaban J connectivity index is 1.99. The van der Waals surface area contributed by atoms with Crippen LogP contribution in [0.2, 0.25) is 0 Å². The van der Waals surface area contributed by atoms with E-state index >= 15 is 0 Å². The number of nitrogens with zero attached hydrogens (tertiary/aromatic N) is 1. The first-order chi connectivity index (χ1) is 9.61. The minimum absolute atomic E-state index is 0.193. The molecule has 1 aliphatic carbocycles. The Labute approximate surface area is 120 Å². The lowest BCUT2D eigenvalue weighted by molar-refractivity contribution is -0.142. The molecule has 1 heterocycles. The van der Waals surface area contributed by atoms with Crippen LogP contribution in [-0.4, -0.2) is 30.1 Å². The Morgan fingerprint density at radius 1 is 1.50 bits per heavy atom. The molecule has 3 atom stereocenters. The number of pyridine rings is 1. The summed E-state index contributed by atoms with van der Waals surface area (Å²) >= 11 is 0. The molecule has 0 bridgehead atoms. The van der Waals surface area contributed by atoms with Crippen LogP contribution in [-0.2, 0) is 9.53 Å². The van der Waals surface area contributed by atoms with Crippen LogP contribution in [0.25, 0.3) is 0 Å². The van der Waals surface area contributed by atoms with Gasteiger partial charge in [0.25, 0.3) is 0 Å². The zero-order chi connectivity index (χ0) is 14.5. The van der Waals surface area contributed by atoms with Crippen molar-refractivity contribution in [2.75, 3.05) is 7.11 Å². The summed E-state index contributed by atoms with van der Waals surface area (Å²) in [6.45, 7) is 3.98. The molecule has 1 N–H and O–H groups in total. The molecule has 0 spiro atoms. The van der Waals surface area contributed by atoms with Gasteiger partial charge in [0, 0.05) is 23.9 Å². The van der Waals surface area contributed by atoms with Crippen molar-refractivity contribution >= 4 is 5.97 Å². The van der Waals surface area contributed by atoms with E-state index in [1.165, 1.54) is 31.2 Å². The first kappa shape index (κ1) is 15.0. The van der Waals surface area contributed by atoms with E-state index in [4.69, 9.17) is 4.74 Å². The van der Waals surface area contributed by atoms with Gasteiger partial charge in [0.15, 0.2) is 0 Å². The minimum atomic E-state index is -0.242. The minimum Gasteiger partial charge on any atom is -0.468 e. The van der Waals surface area contributed by atoms with Crippen LogP contribution in [0.1, 0.15) is 49.8 Å². The fourth-order valence-corrected chi connectivity index (χ4v) is 3.11. The fourth-order valence-electron chi connectivity index (χ4n) is 3.11. The highest BCUT2D eigenvalue weighted by molar-refractivity contribution is 5.75. The Morgan fingerprint density at radius 2 is 2.30 bits per heavy atom. The molecule has 0 unspecified atom stereocenters. The molecule has 110 valence electrons. The van der Waals surface area contributed by atoms with Crippen molar-refractivity contribution in [2.45, 2.75) is 57.5 Å². The number of aromatic nitrogens is 1. The van der Waals surface area contributed by atoms with Crippen molar-refractivity contribution in [2.24, 2.45) is 0 Å². The molecule has 4 heteroatoms. The zero-order valence-corrected chi connectivity index (χ0v) is 12.6. The van der Waals surface area contributed by atoms with Gasteiger partial charge in [-0.05, 0) is 44.7 Å². The number of nitrogens with one attached hydrogen (secondary N) is 1. The maximum atomic E-state index is 11.5. The number of hydrogen-bond donors (Lipinski definition) is 1. The summed E-state index contributed by atoms with van der Waals surface area (Å²) in [5.74, 6) is 0.299. The van der Waals surface area contributed by atoms with Crippen molar-refractivity contribution in [1.29, 1.82) is 0 Å². The number of carbonyl (C=O) groups excluding carboxylic acids is 1. The molecule has 1 aliphatic rings. The molecule has 4 nitrogen and oxygen atoms in total. The largest absolute Gasteiger partial charge is 0.468 e. The SMILES string of the molecule is COC(=O)[C@@H](C)N[C@H]1CCC[C@@H](c2ncccc2C)C1. The zero-order valence-electron chi connectivity index (χ0n) is 12.6. The Morgan fingerprint density at radius 3 is 3.00 bits per heavy atom. The lowest BCUT2D eigenvalue weighted by Crippen LogP contribution is -2.43. The first-order valence-corrected chi connectivity index (χ1v) is 7.37. The van der Waals surface area contributed by atoms with Gasteiger partial charge in [-0.1, -0.05) is 12.5 Å². The van der Waals surface area contributed by atoms with E-state index in [2.05, 4.69) is 23.3 Å². The number of aryl methyl sites for hydroxylation is 1. The molecule has 0 aromatic carbocycles. The van der Waals surface area contributed by atoms with Crippen LogP contribution < -0.4 is 5.32 Å². The van der Waals surface area contributed by atoms with E-state index in [0.29, 0.717) is 12.0 Å². The van der Waals surface area contributed by atoms with Crippen molar-refractivity contribution < 1.29 is 9.53 Å². The van der Waals surface area contributed by atoms with Gasteiger partial charge in [0.2, 0.25) is 0 Å². The number of methoxy groups -OCH3 is 1. The monoisotopic (exact) mass is 276 g/mol. The average molecular weight is 276 g/mol. The molecule has 1 fully saturated rings. The Bertz CT molecular complexity index is 462. The van der Waals surface area contributed by atoms with Gasteiger partial charge >= 0.3 is 5.97 Å². The van der Waals surface area contributed by atoms with Crippen molar-refractivity contribution in [3.63, 3.8) is 0 Å². The second-order valence-corrected chi connectivity index (χ2v) is 5.68. The Hall–Kier alpha value is -1.42. The van der Waals surface area contributed by atoms with Crippen LogP contribution >= 0.6 is 0 Å². The van der Waals surface area contributed by atoms with E-state index in [-0.39, 0.29) is 12.0 Å². The molecule has 1 aromatic heterocycles. The van der Waals surface area contributed by atoms with Crippen LogP contribution in [0.5, 0.6) is 0 Å². The van der Waals surface area contributed by atoms with Crippen LogP contribution in [0.4, 0.5) is 0 Å². The van der Waals surface area contributed by atoms with Crippen molar-refractivity contribution in [3.8, 4) is 0 Å². The molecule has 0 amide bonds. The number of ether oxygens (including phenoxy) is 1. The summed E-state index contributed by atoms with van der Waals surface area (Å²) in [5.41, 5.74) is 2.48. The highest BCUT2D eigenvalue weighted by atomic mass is 16.5. The number of esters is 1. The maximum Gasteiger partial charge on any atom is 0.322 e. The Kier molecular flexibility index (Phi) is 5.12. The second kappa shape index (κ2) is 6.84. The number of carbonyl (C=O) groups is 1. The highest BCUT2D eigenvalue weighted by Crippen LogP contribution is 2.33. The molecule has 0 radical (unpaired) electrons. The molecule has 0 saturated heterocycles. The number of rotatable bonds is 4. The molecule has 1 aromatic rings. The quantitative estimate of drug-likeness (QED) is 0.859. The number of hydrogen-bond acceptors (Lipinski definition) is 4. The molecule has 2 rings (SSSR count). The standard InChI is InChI=1S/C16H24N2O2/c1-11-6-5-9-17-15(11)13-7-4-8-14(10-13)18-12(2)16(19)20-3/h5-6,9,12-14,18H,4,7-8,10H2,1-3H3/t12-,13-,14+/m1/s1. The summed E-state index contributed by atoms with van der Waals surface area (Å²) in [4.78, 5) is 16.0. The summed E-state index contributed by atoms with van der Waals surface area (Å²) in [7, 11) is 1.43. The maximum absolute atomic E-state index is 11.5. The smallest absolute Gasteiger partial charge is 0.322 e. The molecular weight excluding hydrogens is 252 g/mol. The van der Waals surface area contributed by atoms with Crippen LogP contribution in [0, 0.1) is 6.92 Å². The van der Waals surface area contributed by atoms with E-state index < -0.39 is 0 Å². The predicted molar refractivity (Wildman–Crippen MR) is 78.6 cm³/mol. The second-order valence-electron chi connectivity index (χ2n) is 5.68. The lowest BCUT2D eigenvalue weighted by atomic mass is 9.82. The highest BCUT2D eigenvalue weighted by Gasteiger charge is 2.27. The van der Waals surface area contributed by atoms with Gasteiger partial charge in [0.05, 0.1) is 7.11 Å². The average Bonchev–Trinajstić information content (AvgIpc) is 2.47. The van der Waals surface area contributed by atoms with Gasteiger partial charge < -0.3 is 10.1 Å². The van der Waals surface area contributed by atoms with Gasteiger partial charge in [-0.2, -0.15) is 0 Å². The molecular formula is C16H24N2O2. The summed E-state index contributed by atoms with van der Waals surface area (Å²) in [5, 5.41) is 3.39. The van der Waals surface area contributed by atoms with Gasteiger partial charge in [-0.3, -0.25) is 9.78 Å². The van der Waals surface area contributed by atoms with Gasteiger partial charge in [-0.25, -0.2) is 0 Å². The third-order valence-corrected chi connectivity index (χ3v) is 4.15. The van der Waals surface area contributed by atoms with Gasteiger partial charge in [0.1, 0.15) is 6.04 Å². The van der Waals surface area contributed by atoms with Crippen molar-refractivity contribution in [3.05, 3.63) is 29.6 Å². The summed E-state index contributed by atoms with van der Waals surface area (Å²) in [6, 6.07) is 4.23. The lowest BCUT2D eigenvalue weighted by Gasteiger charge is -2.31. The van der Waals surface area contributed by atoms with Gasteiger partial charge in [-0.15, -0.1) is 0 Å². The van der Waals surface area contributed by atoms with Crippen LogP contribution in [0.15, 0.2) is 18.3 Å².